The molecule has 1 aliphatic heterocycles. The van der Waals surface area contributed by atoms with Crippen LogP contribution in [-0.2, 0) is 10.4 Å². The Balaban J connectivity index is 1.93. The number of para-hydroxylation sites is 1. The quantitative estimate of drug-likeness (QED) is 0.926. The van der Waals surface area contributed by atoms with Gasteiger partial charge in [-0.05, 0) is 25.0 Å². The first kappa shape index (κ1) is 13.5. The summed E-state index contributed by atoms with van der Waals surface area (Å²) in [5.74, 6) is 0.0511. The lowest BCUT2D eigenvalue weighted by Crippen LogP contribution is -2.46. The molecule has 1 unspecified atom stereocenters. The fourth-order valence-corrected chi connectivity index (χ4v) is 4.23. The molecule has 2 aromatic rings. The molecule has 4 atom stereocenters. The summed E-state index contributed by atoms with van der Waals surface area (Å²) in [6.07, 6.45) is 0.391. The number of hydrogen-bond donors (Lipinski definition) is 1. The van der Waals surface area contributed by atoms with Crippen molar-refractivity contribution in [2.75, 3.05) is 0 Å². The minimum Gasteiger partial charge on any atom is -0.489 e. The van der Waals surface area contributed by atoms with Gasteiger partial charge in [-0.2, -0.15) is 0 Å². The van der Waals surface area contributed by atoms with Gasteiger partial charge in [-0.15, -0.1) is 0 Å². The Hall–Kier alpha value is -2.13. The lowest BCUT2D eigenvalue weighted by molar-refractivity contribution is -0.136. The third-order valence-electron chi connectivity index (χ3n) is 5.08. The van der Waals surface area contributed by atoms with Crippen LogP contribution in [0.3, 0.4) is 0 Å². The first-order chi connectivity index (χ1) is 10.6. The molecule has 112 valence electrons. The second-order valence-electron chi connectivity index (χ2n) is 6.27. The highest BCUT2D eigenvalue weighted by atomic mass is 16.5. The molecule has 0 saturated heterocycles. The largest absolute Gasteiger partial charge is 0.489 e. The van der Waals surface area contributed by atoms with Gasteiger partial charge in [0, 0.05) is 11.5 Å². The summed E-state index contributed by atoms with van der Waals surface area (Å²) < 4.78 is 6.03. The van der Waals surface area contributed by atoms with Crippen molar-refractivity contribution >= 4 is 5.78 Å². The van der Waals surface area contributed by atoms with Crippen LogP contribution in [-0.4, -0.2) is 17.0 Å². The molecule has 3 nitrogen and oxygen atoms in total. The normalized spacial score (nSPS) is 32.2. The molecule has 2 aliphatic rings. The molecule has 0 spiro atoms. The van der Waals surface area contributed by atoms with E-state index in [9.17, 15) is 9.90 Å². The zero-order chi connectivity index (χ0) is 15.3. The zero-order valence-corrected chi connectivity index (χ0v) is 12.4. The Morgan fingerprint density at radius 1 is 1.14 bits per heavy atom. The highest BCUT2D eigenvalue weighted by molar-refractivity contribution is 5.82. The number of rotatable bonds is 2. The fourth-order valence-electron chi connectivity index (χ4n) is 4.23. The third-order valence-corrected chi connectivity index (χ3v) is 5.08. The van der Waals surface area contributed by atoms with E-state index in [0.29, 0.717) is 12.2 Å². The van der Waals surface area contributed by atoms with Gasteiger partial charge in [-0.25, -0.2) is 0 Å². The van der Waals surface area contributed by atoms with Gasteiger partial charge in [-0.1, -0.05) is 48.5 Å². The molecule has 22 heavy (non-hydrogen) atoms. The lowest BCUT2D eigenvalue weighted by atomic mass is 9.73. The minimum atomic E-state index is -1.19. The van der Waals surface area contributed by atoms with Crippen molar-refractivity contribution in [1.82, 2.24) is 0 Å². The Labute approximate surface area is 129 Å². The number of fused-ring (bicyclic) bond motifs is 4. The van der Waals surface area contributed by atoms with E-state index in [1.165, 1.54) is 0 Å². The average molecular weight is 294 g/mol. The van der Waals surface area contributed by atoms with Gasteiger partial charge < -0.3 is 9.84 Å². The van der Waals surface area contributed by atoms with E-state index < -0.39 is 11.5 Å². The molecule has 2 aromatic carbocycles. The zero-order valence-electron chi connectivity index (χ0n) is 12.4. The second kappa shape index (κ2) is 4.68. The molecular weight excluding hydrogens is 276 g/mol. The lowest BCUT2D eigenvalue weighted by Gasteiger charge is -2.39. The summed E-state index contributed by atoms with van der Waals surface area (Å²) in [6, 6.07) is 17.5. The van der Waals surface area contributed by atoms with Crippen LogP contribution in [0, 0.1) is 5.92 Å². The number of hydrogen-bond acceptors (Lipinski definition) is 3. The smallest absolute Gasteiger partial charge is 0.139 e. The predicted octanol–water partition coefficient (Wildman–Crippen LogP) is 3.03. The summed E-state index contributed by atoms with van der Waals surface area (Å²) in [7, 11) is 0. The molecule has 0 radical (unpaired) electrons. The van der Waals surface area contributed by atoms with Gasteiger partial charge in [0.2, 0.25) is 0 Å². The van der Waals surface area contributed by atoms with Crippen LogP contribution in [0.1, 0.15) is 30.4 Å². The number of carbonyl (C=O) groups is 1. The van der Waals surface area contributed by atoms with Crippen LogP contribution in [0.5, 0.6) is 5.75 Å². The van der Waals surface area contributed by atoms with E-state index in [4.69, 9.17) is 4.74 Å². The second-order valence-corrected chi connectivity index (χ2v) is 6.27. The fraction of sp³-hybridized carbons (Fsp3) is 0.316. The maximum atomic E-state index is 12.2. The van der Waals surface area contributed by atoms with Crippen LogP contribution in [0.2, 0.25) is 0 Å². The molecular formula is C19H18O3. The highest BCUT2D eigenvalue weighted by Gasteiger charge is 2.62. The van der Waals surface area contributed by atoms with Crippen molar-refractivity contribution in [2.24, 2.45) is 5.92 Å². The van der Waals surface area contributed by atoms with Gasteiger partial charge in [0.1, 0.15) is 23.2 Å². The molecule has 1 saturated carbocycles. The summed E-state index contributed by atoms with van der Waals surface area (Å²) in [5.41, 5.74) is 0.601. The van der Waals surface area contributed by atoms with Crippen molar-refractivity contribution in [3.05, 3.63) is 65.7 Å². The molecule has 4 rings (SSSR count). The standard InChI is InChI=1S/C19H18O3/c1-12(20)18-17-11-15(13-7-3-2-4-8-13)19(18,21)14-9-5-6-10-16(14)22-17/h2-10,15,17-18,21H,11H2,1H3/t15-,17-,18?,19-/m0/s1. The van der Waals surface area contributed by atoms with E-state index in [1.807, 2.05) is 54.6 Å². The Morgan fingerprint density at radius 2 is 1.82 bits per heavy atom. The first-order valence-corrected chi connectivity index (χ1v) is 7.66. The molecule has 1 fully saturated rings. The van der Waals surface area contributed by atoms with Crippen LogP contribution in [0.25, 0.3) is 0 Å². The van der Waals surface area contributed by atoms with Crippen LogP contribution in [0.15, 0.2) is 54.6 Å². The summed E-state index contributed by atoms with van der Waals surface area (Å²) in [5, 5.41) is 11.6. The van der Waals surface area contributed by atoms with E-state index in [2.05, 4.69) is 0 Å². The number of ketones is 1. The third kappa shape index (κ3) is 1.69. The van der Waals surface area contributed by atoms with Gasteiger partial charge in [0.15, 0.2) is 0 Å². The maximum Gasteiger partial charge on any atom is 0.139 e. The van der Waals surface area contributed by atoms with Crippen molar-refractivity contribution in [3.8, 4) is 5.75 Å². The molecule has 0 amide bonds. The number of ether oxygens (including phenoxy) is 1. The van der Waals surface area contributed by atoms with Gasteiger partial charge in [-0.3, -0.25) is 4.79 Å². The van der Waals surface area contributed by atoms with Gasteiger partial charge in [0.25, 0.3) is 0 Å². The first-order valence-electron chi connectivity index (χ1n) is 7.66. The topological polar surface area (TPSA) is 46.5 Å². The van der Waals surface area contributed by atoms with Gasteiger partial charge >= 0.3 is 0 Å². The molecule has 1 heterocycles. The molecule has 0 aromatic heterocycles. The van der Waals surface area contributed by atoms with Crippen molar-refractivity contribution < 1.29 is 14.6 Å². The molecule has 1 aliphatic carbocycles. The van der Waals surface area contributed by atoms with Crippen LogP contribution in [0.4, 0.5) is 0 Å². The van der Waals surface area contributed by atoms with Crippen LogP contribution >= 0.6 is 0 Å². The maximum absolute atomic E-state index is 12.2. The highest BCUT2D eigenvalue weighted by Crippen LogP contribution is 2.59. The SMILES string of the molecule is CC(=O)C1[C@@H]2C[C@@H](c3ccccc3)[C@@]1(O)c1ccccc1O2. The summed E-state index contributed by atoms with van der Waals surface area (Å²) >= 11 is 0. The molecule has 1 N–H and O–H groups in total. The number of aliphatic hydroxyl groups is 1. The minimum absolute atomic E-state index is 0.0135. The Bertz CT molecular complexity index is 724. The summed E-state index contributed by atoms with van der Waals surface area (Å²) in [4.78, 5) is 12.2. The van der Waals surface area contributed by atoms with E-state index in [1.54, 1.807) is 6.92 Å². The number of benzene rings is 2. The Morgan fingerprint density at radius 3 is 2.55 bits per heavy atom. The van der Waals surface area contributed by atoms with Crippen LogP contribution < -0.4 is 4.74 Å². The summed E-state index contributed by atoms with van der Waals surface area (Å²) in [6.45, 7) is 1.55. The van der Waals surface area contributed by atoms with E-state index >= 15 is 0 Å². The monoisotopic (exact) mass is 294 g/mol. The van der Waals surface area contributed by atoms with Crippen molar-refractivity contribution in [2.45, 2.75) is 31.0 Å². The van der Waals surface area contributed by atoms with Crippen molar-refractivity contribution in [3.63, 3.8) is 0 Å². The predicted molar refractivity (Wildman–Crippen MR) is 82.7 cm³/mol. The van der Waals surface area contributed by atoms with E-state index in [0.717, 1.165) is 11.1 Å². The molecule has 3 heteroatoms. The Kier molecular flexibility index (Phi) is 2.88. The average Bonchev–Trinajstić information content (AvgIpc) is 2.75. The van der Waals surface area contributed by atoms with Gasteiger partial charge in [0.05, 0.1) is 5.92 Å². The van der Waals surface area contributed by atoms with E-state index in [-0.39, 0.29) is 17.8 Å². The van der Waals surface area contributed by atoms with Crippen molar-refractivity contribution in [1.29, 1.82) is 0 Å². The number of carbonyl (C=O) groups excluding carboxylic acids is 1. The number of Topliss-reactive ketones (excluding diaryl/α,β-unsaturated/α-hetero) is 1. The molecule has 2 bridgehead atoms.